The lowest BCUT2D eigenvalue weighted by molar-refractivity contribution is 0.326. The van der Waals surface area contributed by atoms with Gasteiger partial charge in [-0.25, -0.2) is 0 Å². The zero-order valence-corrected chi connectivity index (χ0v) is 14.2. The highest BCUT2D eigenvalue weighted by Gasteiger charge is 2.21. The number of pyridine rings is 1. The second-order valence-electron chi connectivity index (χ2n) is 5.53. The summed E-state index contributed by atoms with van der Waals surface area (Å²) in [5.41, 5.74) is 9.52. The molecule has 0 radical (unpaired) electrons. The Bertz CT molecular complexity index is 1030. The maximum absolute atomic E-state index is 9.66. The quantitative estimate of drug-likeness (QED) is 0.770. The number of hydrogen-bond acceptors (Lipinski definition) is 5. The summed E-state index contributed by atoms with van der Waals surface area (Å²) in [6.45, 7) is 2.14. The molecular formula is C21H16N4O. The minimum Gasteiger partial charge on any atom is -0.477 e. The zero-order chi connectivity index (χ0) is 18.5. The highest BCUT2D eigenvalue weighted by atomic mass is 16.5. The first kappa shape index (κ1) is 17.0. The number of hydrogen-bond donors (Lipinski definition) is 1. The second kappa shape index (κ2) is 7.38. The van der Waals surface area contributed by atoms with Crippen LogP contribution in [-0.2, 0) is 0 Å². The number of anilines is 1. The topological polar surface area (TPSA) is 95.7 Å². The van der Waals surface area contributed by atoms with Gasteiger partial charge in [0.25, 0.3) is 0 Å². The summed E-state index contributed by atoms with van der Waals surface area (Å²) in [4.78, 5) is 4.08. The van der Waals surface area contributed by atoms with Gasteiger partial charge in [0.2, 0.25) is 5.88 Å². The van der Waals surface area contributed by atoms with Gasteiger partial charge in [0.15, 0.2) is 0 Å². The smallest absolute Gasteiger partial charge is 0.234 e. The van der Waals surface area contributed by atoms with Gasteiger partial charge in [0, 0.05) is 5.56 Å². The molecule has 26 heavy (non-hydrogen) atoms. The molecule has 2 aromatic carbocycles. The van der Waals surface area contributed by atoms with Crippen LogP contribution in [0.1, 0.15) is 18.1 Å². The molecule has 0 bridgehead atoms. The van der Waals surface area contributed by atoms with E-state index in [-0.39, 0.29) is 22.8 Å². The maximum atomic E-state index is 9.66. The van der Waals surface area contributed by atoms with Crippen LogP contribution in [0, 0.1) is 22.7 Å². The minimum atomic E-state index is 0.0510. The molecule has 5 nitrogen and oxygen atoms in total. The third-order valence-electron chi connectivity index (χ3n) is 3.96. The molecule has 0 unspecified atom stereocenters. The van der Waals surface area contributed by atoms with Crippen LogP contribution in [0.4, 0.5) is 5.82 Å². The van der Waals surface area contributed by atoms with Gasteiger partial charge in [-0.15, -0.1) is 0 Å². The number of rotatable bonds is 4. The van der Waals surface area contributed by atoms with Gasteiger partial charge in [-0.05, 0) is 29.7 Å². The van der Waals surface area contributed by atoms with Crippen molar-refractivity contribution >= 4 is 5.82 Å². The van der Waals surface area contributed by atoms with Crippen molar-refractivity contribution in [3.63, 3.8) is 0 Å². The molecule has 1 heterocycles. The third-order valence-corrected chi connectivity index (χ3v) is 3.96. The largest absolute Gasteiger partial charge is 0.477 e. The molecule has 0 amide bonds. The highest BCUT2D eigenvalue weighted by Crippen LogP contribution is 2.36. The Kier molecular flexibility index (Phi) is 4.83. The fourth-order valence-electron chi connectivity index (χ4n) is 2.81. The molecule has 0 atom stereocenters. The van der Waals surface area contributed by atoms with E-state index in [1.165, 1.54) is 0 Å². The van der Waals surface area contributed by atoms with Gasteiger partial charge in [0.1, 0.15) is 29.1 Å². The summed E-state index contributed by atoms with van der Waals surface area (Å²) in [5.74, 6) is 0.196. The molecule has 0 spiro atoms. The van der Waals surface area contributed by atoms with E-state index in [0.29, 0.717) is 12.2 Å². The first-order chi connectivity index (χ1) is 12.7. The van der Waals surface area contributed by atoms with Crippen molar-refractivity contribution in [3.8, 4) is 40.3 Å². The molecule has 0 saturated carbocycles. The van der Waals surface area contributed by atoms with Crippen LogP contribution >= 0.6 is 0 Å². The van der Waals surface area contributed by atoms with Gasteiger partial charge in [-0.3, -0.25) is 0 Å². The van der Waals surface area contributed by atoms with Crippen LogP contribution in [0.3, 0.4) is 0 Å². The van der Waals surface area contributed by atoms with Crippen molar-refractivity contribution in [1.82, 2.24) is 4.98 Å². The number of nitrogens with zero attached hydrogens (tertiary/aromatic N) is 3. The average molecular weight is 340 g/mol. The van der Waals surface area contributed by atoms with Crippen molar-refractivity contribution in [3.05, 3.63) is 65.7 Å². The third kappa shape index (κ3) is 3.07. The Balaban J connectivity index is 2.27. The zero-order valence-electron chi connectivity index (χ0n) is 14.2. The van der Waals surface area contributed by atoms with Crippen molar-refractivity contribution in [1.29, 1.82) is 10.5 Å². The van der Waals surface area contributed by atoms with Crippen LogP contribution in [-0.4, -0.2) is 11.6 Å². The molecule has 5 heteroatoms. The van der Waals surface area contributed by atoms with E-state index in [9.17, 15) is 10.5 Å². The summed E-state index contributed by atoms with van der Waals surface area (Å²) >= 11 is 0. The second-order valence-corrected chi connectivity index (χ2v) is 5.53. The van der Waals surface area contributed by atoms with Crippen molar-refractivity contribution < 1.29 is 4.74 Å². The standard InChI is InChI=1S/C21H16N4O/c1-2-26-21-18(13-23)19(17(12-22)20(24)25-21)16-10-6-9-15(11-16)14-7-4-3-5-8-14/h3-11H,2H2,1H3,(H2,24,25). The normalized spacial score (nSPS) is 9.96. The minimum absolute atomic E-state index is 0.0510. The van der Waals surface area contributed by atoms with Crippen LogP contribution in [0.15, 0.2) is 54.6 Å². The maximum Gasteiger partial charge on any atom is 0.234 e. The Morgan fingerprint density at radius 1 is 0.923 bits per heavy atom. The fourth-order valence-corrected chi connectivity index (χ4v) is 2.81. The number of aromatic nitrogens is 1. The van der Waals surface area contributed by atoms with E-state index in [1.54, 1.807) is 6.92 Å². The van der Waals surface area contributed by atoms with Crippen LogP contribution in [0.2, 0.25) is 0 Å². The molecule has 0 saturated heterocycles. The first-order valence-corrected chi connectivity index (χ1v) is 8.12. The van der Waals surface area contributed by atoms with Gasteiger partial charge >= 0.3 is 0 Å². The molecule has 0 fully saturated rings. The van der Waals surface area contributed by atoms with Gasteiger partial charge in [-0.1, -0.05) is 48.5 Å². The summed E-state index contributed by atoms with van der Waals surface area (Å²) < 4.78 is 5.46. The summed E-state index contributed by atoms with van der Waals surface area (Å²) in [6.07, 6.45) is 0. The van der Waals surface area contributed by atoms with Crippen LogP contribution in [0.5, 0.6) is 5.88 Å². The SMILES string of the molecule is CCOc1nc(N)c(C#N)c(-c2cccc(-c3ccccc3)c2)c1C#N. The molecule has 0 aliphatic rings. The van der Waals surface area contributed by atoms with Gasteiger partial charge in [-0.2, -0.15) is 15.5 Å². The van der Waals surface area contributed by atoms with E-state index in [1.807, 2.05) is 54.6 Å². The van der Waals surface area contributed by atoms with Crippen LogP contribution < -0.4 is 10.5 Å². The fraction of sp³-hybridized carbons (Fsp3) is 0.0952. The lowest BCUT2D eigenvalue weighted by Gasteiger charge is -2.14. The van der Waals surface area contributed by atoms with E-state index < -0.39 is 0 Å². The monoisotopic (exact) mass is 340 g/mol. The first-order valence-electron chi connectivity index (χ1n) is 8.12. The number of benzene rings is 2. The molecule has 126 valence electrons. The lowest BCUT2D eigenvalue weighted by atomic mass is 9.93. The Hall–Kier alpha value is -3.83. The molecule has 3 rings (SSSR count). The molecule has 2 N–H and O–H groups in total. The lowest BCUT2D eigenvalue weighted by Crippen LogP contribution is -2.06. The van der Waals surface area contributed by atoms with Gasteiger partial charge in [0.05, 0.1) is 6.61 Å². The molecule has 0 aliphatic carbocycles. The van der Waals surface area contributed by atoms with Crippen molar-refractivity contribution in [2.45, 2.75) is 6.92 Å². The Morgan fingerprint density at radius 2 is 1.58 bits per heavy atom. The van der Waals surface area contributed by atoms with E-state index in [2.05, 4.69) is 17.1 Å². The number of ether oxygens (including phenoxy) is 1. The van der Waals surface area contributed by atoms with Crippen molar-refractivity contribution in [2.75, 3.05) is 12.3 Å². The summed E-state index contributed by atoms with van der Waals surface area (Å²) in [5, 5.41) is 19.2. The Labute approximate surface area is 151 Å². The van der Waals surface area contributed by atoms with Gasteiger partial charge < -0.3 is 10.5 Å². The van der Waals surface area contributed by atoms with E-state index in [4.69, 9.17) is 10.5 Å². The number of nitriles is 2. The van der Waals surface area contributed by atoms with E-state index in [0.717, 1.165) is 16.7 Å². The highest BCUT2D eigenvalue weighted by molar-refractivity contribution is 5.84. The van der Waals surface area contributed by atoms with Crippen molar-refractivity contribution in [2.24, 2.45) is 0 Å². The number of nitrogens with two attached hydrogens (primary N) is 1. The number of nitrogen functional groups attached to an aromatic ring is 1. The molecule has 0 aliphatic heterocycles. The molecular weight excluding hydrogens is 324 g/mol. The average Bonchev–Trinajstić information content (AvgIpc) is 2.68. The molecule has 3 aromatic rings. The summed E-state index contributed by atoms with van der Waals surface area (Å²) in [7, 11) is 0. The molecule has 1 aromatic heterocycles. The summed E-state index contributed by atoms with van der Waals surface area (Å²) in [6, 6.07) is 21.7. The predicted molar refractivity (Wildman–Crippen MR) is 100 cm³/mol. The van der Waals surface area contributed by atoms with E-state index >= 15 is 0 Å². The Morgan fingerprint density at radius 3 is 2.23 bits per heavy atom. The van der Waals surface area contributed by atoms with Crippen LogP contribution in [0.25, 0.3) is 22.3 Å². The predicted octanol–water partition coefficient (Wildman–Crippen LogP) is 4.14.